The summed E-state index contributed by atoms with van der Waals surface area (Å²) >= 11 is 0. The first-order valence-electron chi connectivity index (χ1n) is 7.60. The van der Waals surface area contributed by atoms with E-state index in [4.69, 9.17) is 9.47 Å². The molecule has 4 heteroatoms. The number of nitrogens with one attached hydrogen (secondary N) is 1. The van der Waals surface area contributed by atoms with Crippen LogP contribution in [0.2, 0.25) is 0 Å². The van der Waals surface area contributed by atoms with Gasteiger partial charge in [0, 0.05) is 5.56 Å². The van der Waals surface area contributed by atoms with Crippen LogP contribution in [0.15, 0.2) is 12.1 Å². The highest BCUT2D eigenvalue weighted by molar-refractivity contribution is 5.51. The Hall–Kier alpha value is -1.29. The smallest absolute Gasteiger partial charge is 0.167 e. The lowest BCUT2D eigenvalue weighted by atomic mass is 9.89. The molecule has 1 atom stereocenters. The molecule has 0 saturated carbocycles. The molecular formula is C17H26FNO2. The molecule has 1 unspecified atom stereocenters. The monoisotopic (exact) mass is 295 g/mol. The predicted octanol–water partition coefficient (Wildman–Crippen LogP) is 3.45. The summed E-state index contributed by atoms with van der Waals surface area (Å²) in [5.74, 6) is 1.71. The minimum Gasteiger partial charge on any atom is -0.493 e. The van der Waals surface area contributed by atoms with E-state index in [2.05, 4.69) is 5.32 Å². The van der Waals surface area contributed by atoms with E-state index < -0.39 is 5.67 Å². The van der Waals surface area contributed by atoms with Crippen LogP contribution < -0.4 is 14.8 Å². The van der Waals surface area contributed by atoms with Crippen molar-refractivity contribution in [2.45, 2.75) is 38.8 Å². The molecule has 0 radical (unpaired) electrons. The van der Waals surface area contributed by atoms with E-state index in [1.807, 2.05) is 12.1 Å². The zero-order valence-corrected chi connectivity index (χ0v) is 13.5. The minimum absolute atomic E-state index is 0.496. The molecule has 1 aliphatic heterocycles. The topological polar surface area (TPSA) is 30.5 Å². The van der Waals surface area contributed by atoms with Gasteiger partial charge in [0.1, 0.15) is 5.67 Å². The summed E-state index contributed by atoms with van der Waals surface area (Å²) in [6, 6.07) is 3.90. The van der Waals surface area contributed by atoms with E-state index in [-0.39, 0.29) is 0 Å². The van der Waals surface area contributed by atoms with E-state index in [9.17, 15) is 4.39 Å². The Morgan fingerprint density at radius 2 is 2.05 bits per heavy atom. The van der Waals surface area contributed by atoms with Gasteiger partial charge in [0.2, 0.25) is 0 Å². The first kappa shape index (κ1) is 16.1. The number of hydrogen-bond acceptors (Lipinski definition) is 3. The van der Waals surface area contributed by atoms with Gasteiger partial charge in [0.25, 0.3) is 0 Å². The van der Waals surface area contributed by atoms with Crippen LogP contribution in [-0.4, -0.2) is 27.3 Å². The van der Waals surface area contributed by atoms with Crippen molar-refractivity contribution in [2.24, 2.45) is 5.92 Å². The summed E-state index contributed by atoms with van der Waals surface area (Å²) in [5, 5.41) is 3.42. The number of benzene rings is 1. The highest BCUT2D eigenvalue weighted by Gasteiger charge is 2.27. The van der Waals surface area contributed by atoms with E-state index >= 15 is 0 Å². The number of piperidine rings is 1. The van der Waals surface area contributed by atoms with Gasteiger partial charge in [-0.1, -0.05) is 0 Å². The molecule has 1 N–H and O–H groups in total. The average molecular weight is 295 g/mol. The molecule has 1 aromatic rings. The minimum atomic E-state index is -1.46. The van der Waals surface area contributed by atoms with Crippen molar-refractivity contribution in [3.8, 4) is 11.5 Å². The average Bonchev–Trinajstić information content (AvgIpc) is 2.46. The van der Waals surface area contributed by atoms with Crippen molar-refractivity contribution in [2.75, 3.05) is 27.3 Å². The summed E-state index contributed by atoms with van der Waals surface area (Å²) in [5.41, 5.74) is 0.213. The number of ether oxygens (including phenoxy) is 2. The van der Waals surface area contributed by atoms with Gasteiger partial charge in [-0.15, -0.1) is 0 Å². The number of hydrogen-bond donors (Lipinski definition) is 1. The Balaban J connectivity index is 2.33. The van der Waals surface area contributed by atoms with Gasteiger partial charge in [-0.05, 0) is 69.8 Å². The molecule has 2 rings (SSSR count). The molecule has 0 amide bonds. The lowest BCUT2D eigenvalue weighted by molar-refractivity contribution is 0.211. The van der Waals surface area contributed by atoms with E-state index in [0.717, 1.165) is 25.1 Å². The fourth-order valence-corrected chi connectivity index (χ4v) is 3.01. The van der Waals surface area contributed by atoms with Crippen LogP contribution in [0.1, 0.15) is 37.8 Å². The van der Waals surface area contributed by atoms with Gasteiger partial charge >= 0.3 is 0 Å². The molecule has 1 fully saturated rings. The SMILES string of the molecule is COc1cc(CC2CCCNC2)cc(C(C)(C)F)c1OC. The highest BCUT2D eigenvalue weighted by Crippen LogP contribution is 2.41. The van der Waals surface area contributed by atoms with Crippen LogP contribution >= 0.6 is 0 Å². The fourth-order valence-electron chi connectivity index (χ4n) is 3.01. The Morgan fingerprint density at radius 3 is 2.57 bits per heavy atom. The van der Waals surface area contributed by atoms with Crippen molar-refractivity contribution in [1.82, 2.24) is 5.32 Å². The predicted molar refractivity (Wildman–Crippen MR) is 83.0 cm³/mol. The number of alkyl halides is 1. The Labute approximate surface area is 126 Å². The van der Waals surface area contributed by atoms with Crippen molar-refractivity contribution < 1.29 is 13.9 Å². The normalized spacial score (nSPS) is 19.4. The zero-order valence-electron chi connectivity index (χ0n) is 13.5. The molecule has 0 spiro atoms. The third-order valence-corrected chi connectivity index (χ3v) is 4.10. The summed E-state index contributed by atoms with van der Waals surface area (Å²) in [6.45, 7) is 5.24. The molecule has 3 nitrogen and oxygen atoms in total. The van der Waals surface area contributed by atoms with Crippen LogP contribution in [0.3, 0.4) is 0 Å². The lowest BCUT2D eigenvalue weighted by Gasteiger charge is -2.25. The summed E-state index contributed by atoms with van der Waals surface area (Å²) in [6.07, 6.45) is 3.37. The zero-order chi connectivity index (χ0) is 15.5. The third kappa shape index (κ3) is 3.88. The quantitative estimate of drug-likeness (QED) is 0.902. The molecule has 1 aliphatic rings. The van der Waals surface area contributed by atoms with Crippen molar-refractivity contribution in [3.05, 3.63) is 23.3 Å². The first-order chi connectivity index (χ1) is 9.95. The highest BCUT2D eigenvalue weighted by atomic mass is 19.1. The van der Waals surface area contributed by atoms with Gasteiger partial charge in [-0.25, -0.2) is 4.39 Å². The molecule has 118 valence electrons. The molecule has 21 heavy (non-hydrogen) atoms. The summed E-state index contributed by atoms with van der Waals surface area (Å²) in [7, 11) is 3.15. The Bertz CT molecular complexity index is 476. The molecule has 1 aromatic carbocycles. The maximum absolute atomic E-state index is 14.5. The number of methoxy groups -OCH3 is 2. The summed E-state index contributed by atoms with van der Waals surface area (Å²) < 4.78 is 25.3. The van der Waals surface area contributed by atoms with E-state index in [0.29, 0.717) is 23.0 Å². The van der Waals surface area contributed by atoms with Crippen molar-refractivity contribution in [1.29, 1.82) is 0 Å². The maximum Gasteiger partial charge on any atom is 0.167 e. The Kier molecular flexibility index (Phi) is 5.09. The van der Waals surface area contributed by atoms with Gasteiger partial charge in [0.05, 0.1) is 14.2 Å². The maximum atomic E-state index is 14.5. The second-order valence-corrected chi connectivity index (χ2v) is 6.27. The van der Waals surface area contributed by atoms with Crippen molar-refractivity contribution >= 4 is 0 Å². The van der Waals surface area contributed by atoms with Gasteiger partial charge in [-0.2, -0.15) is 0 Å². The lowest BCUT2D eigenvalue weighted by Crippen LogP contribution is -2.30. The van der Waals surface area contributed by atoms with Crippen LogP contribution in [-0.2, 0) is 12.1 Å². The van der Waals surface area contributed by atoms with Crippen LogP contribution in [0.4, 0.5) is 4.39 Å². The number of rotatable bonds is 5. The van der Waals surface area contributed by atoms with Gasteiger partial charge in [-0.3, -0.25) is 0 Å². The first-order valence-corrected chi connectivity index (χ1v) is 7.60. The second-order valence-electron chi connectivity index (χ2n) is 6.27. The molecule has 0 aromatic heterocycles. The molecule has 0 aliphatic carbocycles. The third-order valence-electron chi connectivity index (χ3n) is 4.10. The molecule has 1 heterocycles. The van der Waals surface area contributed by atoms with Gasteiger partial charge in [0.15, 0.2) is 11.5 Å². The summed E-state index contributed by atoms with van der Waals surface area (Å²) in [4.78, 5) is 0. The number of halogens is 1. The van der Waals surface area contributed by atoms with Crippen LogP contribution in [0, 0.1) is 5.92 Å². The van der Waals surface area contributed by atoms with E-state index in [1.54, 1.807) is 28.1 Å². The standard InChI is InChI=1S/C17H26FNO2/c1-17(2,18)14-9-13(8-12-6-5-7-19-11-12)10-15(20-3)16(14)21-4/h9-10,12,19H,5-8,11H2,1-4H3. The van der Waals surface area contributed by atoms with Crippen molar-refractivity contribution in [3.63, 3.8) is 0 Å². The van der Waals surface area contributed by atoms with Gasteiger partial charge < -0.3 is 14.8 Å². The Morgan fingerprint density at radius 1 is 1.29 bits per heavy atom. The van der Waals surface area contributed by atoms with E-state index in [1.165, 1.54) is 12.8 Å². The van der Waals surface area contributed by atoms with Crippen LogP contribution in [0.5, 0.6) is 11.5 Å². The van der Waals surface area contributed by atoms with Crippen LogP contribution in [0.25, 0.3) is 0 Å². The largest absolute Gasteiger partial charge is 0.493 e. The molecular weight excluding hydrogens is 269 g/mol. The molecule has 1 saturated heterocycles. The second kappa shape index (κ2) is 6.65. The molecule has 0 bridgehead atoms. The fraction of sp³-hybridized carbons (Fsp3) is 0.647.